The van der Waals surface area contributed by atoms with Gasteiger partial charge < -0.3 is 37.1 Å². The van der Waals surface area contributed by atoms with E-state index in [1.54, 1.807) is 50.0 Å². The van der Waals surface area contributed by atoms with Crippen molar-refractivity contribution in [2.45, 2.75) is 25.7 Å². The van der Waals surface area contributed by atoms with E-state index < -0.39 is 0 Å². The zero-order chi connectivity index (χ0) is 70.3. The van der Waals surface area contributed by atoms with Gasteiger partial charge in [-0.25, -0.2) is 38.0 Å². The maximum atomic E-state index is 6.16. The Morgan fingerprint density at radius 1 is 0.379 bits per heavy atom. The van der Waals surface area contributed by atoms with Crippen LogP contribution >= 0.6 is 0 Å². The summed E-state index contributed by atoms with van der Waals surface area (Å²) in [5, 5.41) is 17.7. The number of fused-ring (bicyclic) bond motifs is 4. The van der Waals surface area contributed by atoms with Gasteiger partial charge in [0, 0.05) is 152 Å². The normalized spacial score (nSPS) is 12.1. The first-order chi connectivity index (χ1) is 50.6. The Hall–Kier alpha value is -13.3. The Labute approximate surface area is 593 Å². The number of hydrogen-bond acceptors (Lipinski definition) is 19. The summed E-state index contributed by atoms with van der Waals surface area (Å²) < 4.78 is 23.5. The van der Waals surface area contributed by atoms with Gasteiger partial charge in [0.05, 0.1) is 43.9 Å². The molecule has 12 heterocycles. The molecule has 1 fully saturated rings. The van der Waals surface area contributed by atoms with E-state index in [1.807, 2.05) is 201 Å². The molecule has 0 radical (unpaired) electrons. The van der Waals surface area contributed by atoms with Crippen LogP contribution in [-0.2, 0) is 24.0 Å². The SMILES string of the molecule is COc1ccc(-c2cnc3c(Cc4ccccc4)c(N)nn3c2)cc1.Nc1nn2cc(-c3ccc(OCCCN4CCOCC4)cc3)cnc2c1-c1ccccn1.Nc1nn2cc(-c3ccccn3)cnc2c1Cc1ccccc1.Nc1nn2cc(-c3ccncc3)cnc2c1Cc1ccccc1. The summed E-state index contributed by atoms with van der Waals surface area (Å²) in [5.74, 6) is 3.65. The molecule has 0 amide bonds. The van der Waals surface area contributed by atoms with Crippen molar-refractivity contribution in [1.29, 1.82) is 0 Å². The third-order valence-corrected chi connectivity index (χ3v) is 17.5. The second-order valence-corrected chi connectivity index (χ2v) is 24.4. The minimum atomic E-state index is 0.411. The molecule has 0 aliphatic carbocycles. The predicted molar refractivity (Wildman–Crippen MR) is 402 cm³/mol. The lowest BCUT2D eigenvalue weighted by Crippen LogP contribution is -2.37. The van der Waals surface area contributed by atoms with Gasteiger partial charge in [0.25, 0.3) is 0 Å². The summed E-state index contributed by atoms with van der Waals surface area (Å²) in [5.41, 5.74) is 43.3. The highest BCUT2D eigenvalue weighted by molar-refractivity contribution is 5.85. The van der Waals surface area contributed by atoms with Crippen LogP contribution in [0.15, 0.2) is 262 Å². The first-order valence-electron chi connectivity index (χ1n) is 33.7. The van der Waals surface area contributed by atoms with Gasteiger partial charge in [-0.05, 0) is 100 Å². The molecule has 23 nitrogen and oxygen atoms in total. The molecule has 0 unspecified atom stereocenters. The van der Waals surface area contributed by atoms with Crippen LogP contribution in [0.2, 0.25) is 0 Å². The zero-order valence-corrected chi connectivity index (χ0v) is 56.6. The molecule has 23 heteroatoms. The van der Waals surface area contributed by atoms with Crippen LogP contribution in [0.25, 0.3) is 78.5 Å². The summed E-state index contributed by atoms with van der Waals surface area (Å²) >= 11 is 0. The molecule has 16 aromatic rings. The second kappa shape index (κ2) is 31.7. The van der Waals surface area contributed by atoms with E-state index in [2.05, 4.69) is 96.6 Å². The van der Waals surface area contributed by atoms with Gasteiger partial charge in [-0.3, -0.25) is 19.9 Å². The average Bonchev–Trinajstić information content (AvgIpc) is 1.71. The molecule has 0 saturated carbocycles. The number of anilines is 4. The number of methoxy groups -OCH3 is 1. The van der Waals surface area contributed by atoms with E-state index >= 15 is 0 Å². The zero-order valence-electron chi connectivity index (χ0n) is 56.6. The third kappa shape index (κ3) is 16.1. The van der Waals surface area contributed by atoms with E-state index in [0.717, 1.165) is 147 Å². The predicted octanol–water partition coefficient (Wildman–Crippen LogP) is 12.6. The largest absolute Gasteiger partial charge is 0.497 e. The number of benzene rings is 5. The molecule has 0 spiro atoms. The molecule has 1 saturated heterocycles. The smallest absolute Gasteiger partial charge is 0.166 e. The molecule has 0 bridgehead atoms. The van der Waals surface area contributed by atoms with Crippen LogP contribution in [0.4, 0.5) is 23.3 Å². The van der Waals surface area contributed by atoms with Gasteiger partial charge in [0.2, 0.25) is 0 Å². The highest BCUT2D eigenvalue weighted by Crippen LogP contribution is 2.32. The Bertz CT molecular complexity index is 5270. The molecule has 1 aliphatic rings. The summed E-state index contributed by atoms with van der Waals surface area (Å²) in [7, 11) is 1.66. The quantitative estimate of drug-likeness (QED) is 0.0616. The minimum Gasteiger partial charge on any atom is -0.497 e. The maximum absolute atomic E-state index is 6.16. The van der Waals surface area contributed by atoms with Gasteiger partial charge in [0.15, 0.2) is 45.9 Å². The van der Waals surface area contributed by atoms with Gasteiger partial charge in [0.1, 0.15) is 11.5 Å². The topological polar surface area (TPSA) is 294 Å². The number of aromatic nitrogens is 15. The van der Waals surface area contributed by atoms with Gasteiger partial charge in [-0.1, -0.05) is 127 Å². The molecule has 1 aliphatic heterocycles. The molecule has 17 rings (SSSR count). The Balaban J connectivity index is 0.000000117. The number of rotatable bonds is 17. The second-order valence-electron chi connectivity index (χ2n) is 24.4. The summed E-state index contributed by atoms with van der Waals surface area (Å²) in [6.07, 6.45) is 25.3. The molecular formula is C80H74N20O3. The lowest BCUT2D eigenvalue weighted by molar-refractivity contribution is 0.0358. The molecule has 11 aromatic heterocycles. The van der Waals surface area contributed by atoms with Crippen LogP contribution in [0, 0.1) is 0 Å². The van der Waals surface area contributed by atoms with Crippen LogP contribution in [0.3, 0.4) is 0 Å². The van der Waals surface area contributed by atoms with Crippen molar-refractivity contribution in [3.8, 4) is 67.4 Å². The van der Waals surface area contributed by atoms with E-state index in [4.69, 9.17) is 37.1 Å². The number of ether oxygens (including phenoxy) is 3. The van der Waals surface area contributed by atoms with Crippen LogP contribution in [-0.4, -0.2) is 125 Å². The van der Waals surface area contributed by atoms with Crippen LogP contribution < -0.4 is 32.4 Å². The van der Waals surface area contributed by atoms with Crippen molar-refractivity contribution >= 4 is 45.9 Å². The van der Waals surface area contributed by atoms with Crippen molar-refractivity contribution < 1.29 is 14.2 Å². The van der Waals surface area contributed by atoms with Crippen molar-refractivity contribution in [3.05, 3.63) is 296 Å². The monoisotopic (exact) mass is 1360 g/mol. The van der Waals surface area contributed by atoms with Crippen molar-refractivity contribution in [1.82, 2.24) is 78.2 Å². The van der Waals surface area contributed by atoms with E-state index in [9.17, 15) is 0 Å². The fraction of sp³-hybridized carbons (Fsp3) is 0.138. The van der Waals surface area contributed by atoms with Gasteiger partial charge in [-0.15, -0.1) is 20.4 Å². The van der Waals surface area contributed by atoms with Crippen molar-refractivity contribution in [2.24, 2.45) is 0 Å². The van der Waals surface area contributed by atoms with Gasteiger partial charge in [-0.2, -0.15) is 0 Å². The van der Waals surface area contributed by atoms with Gasteiger partial charge >= 0.3 is 0 Å². The fourth-order valence-electron chi connectivity index (χ4n) is 12.1. The number of nitrogens with zero attached hydrogens (tertiary/aromatic N) is 16. The van der Waals surface area contributed by atoms with Crippen molar-refractivity contribution in [2.75, 3.05) is 69.5 Å². The molecule has 5 aromatic carbocycles. The minimum absolute atomic E-state index is 0.411. The average molecular weight is 1360 g/mol. The Kier molecular flexibility index (Phi) is 20.6. The summed E-state index contributed by atoms with van der Waals surface area (Å²) in [6, 6.07) is 61.9. The first kappa shape index (κ1) is 67.0. The Morgan fingerprint density at radius 2 is 0.777 bits per heavy atom. The molecular weight excluding hydrogens is 1290 g/mol. The summed E-state index contributed by atoms with van der Waals surface area (Å²) in [6.45, 7) is 5.43. The van der Waals surface area contributed by atoms with E-state index in [1.165, 1.54) is 16.7 Å². The van der Waals surface area contributed by atoms with Crippen LogP contribution in [0.1, 0.15) is 39.8 Å². The molecule has 512 valence electrons. The lowest BCUT2D eigenvalue weighted by atomic mass is 10.1. The van der Waals surface area contributed by atoms with Crippen LogP contribution in [0.5, 0.6) is 11.5 Å². The fourth-order valence-corrected chi connectivity index (χ4v) is 12.1. The number of hydrogen-bond donors (Lipinski definition) is 4. The number of pyridine rings is 3. The first-order valence-corrected chi connectivity index (χ1v) is 33.7. The molecule has 103 heavy (non-hydrogen) atoms. The number of morpholine rings is 1. The summed E-state index contributed by atoms with van der Waals surface area (Å²) in [4.78, 5) is 33.5. The highest BCUT2D eigenvalue weighted by Gasteiger charge is 2.19. The van der Waals surface area contributed by atoms with Crippen molar-refractivity contribution in [3.63, 3.8) is 0 Å². The standard InChI is InChI=1S/C24H26N6O2.C20H18N4O.2C18H15N5/c25-23-22(21-4-1-2-9-26-21)24-27-16-19(17-30(24)28-23)18-5-7-20(8-6-18)32-13-3-10-29-11-14-31-15-12-29;1-25-17-9-7-15(8-10-17)16-12-22-20-18(19(21)23-24(20)13-16)11-14-5-3-2-4-6-14;19-17-15(10-13-6-2-1-3-7-13)18-21-11-14(12-23(18)22-17)16-8-4-5-9-20-16;19-17-16(10-13-4-2-1-3-5-13)18-21-11-15(12-23(18)22-17)14-6-8-20-9-7-14/h1-2,4-9,16-17H,3,10-15H2,(H2,25,28);2-10,12-13H,11H2,1H3,(H2,21,23);2*1-9,11-12H,10H2,(H2,19,22). The number of nitrogens with two attached hydrogens (primary N) is 4. The van der Waals surface area contributed by atoms with E-state index in [0.29, 0.717) is 48.4 Å². The Morgan fingerprint density at radius 3 is 1.23 bits per heavy atom. The highest BCUT2D eigenvalue weighted by atomic mass is 16.5. The lowest BCUT2D eigenvalue weighted by Gasteiger charge is -2.26. The third-order valence-electron chi connectivity index (χ3n) is 17.5. The molecule has 0 atom stereocenters. The maximum Gasteiger partial charge on any atom is 0.166 e. The van der Waals surface area contributed by atoms with E-state index in [-0.39, 0.29) is 0 Å². The molecule has 8 N–H and O–H groups in total. The number of nitrogen functional groups attached to an aromatic ring is 4.